The average Bonchev–Trinajstić information content (AvgIpc) is 2.83. The van der Waals surface area contributed by atoms with Gasteiger partial charge in [-0.05, 0) is 19.8 Å². The zero-order valence-electron chi connectivity index (χ0n) is 11.3. The maximum atomic E-state index is 11.9. The van der Waals surface area contributed by atoms with E-state index in [0.717, 1.165) is 10.7 Å². The number of rotatable bonds is 5. The number of hydrogen-bond acceptors (Lipinski definition) is 5. The van der Waals surface area contributed by atoms with E-state index in [4.69, 9.17) is 4.74 Å². The van der Waals surface area contributed by atoms with Gasteiger partial charge in [0.1, 0.15) is 0 Å². The van der Waals surface area contributed by atoms with Crippen LogP contribution in [0.4, 0.5) is 0 Å². The lowest BCUT2D eigenvalue weighted by Crippen LogP contribution is -2.46. The van der Waals surface area contributed by atoms with Crippen LogP contribution in [0.15, 0.2) is 5.38 Å². The minimum Gasteiger partial charge on any atom is -0.481 e. The molecule has 1 aromatic heterocycles. The number of hydrogen-bond donors (Lipinski definition) is 2. The molecule has 0 aliphatic carbocycles. The Bertz CT molecular complexity index is 494. The molecule has 1 saturated heterocycles. The minimum absolute atomic E-state index is 0.146. The van der Waals surface area contributed by atoms with E-state index in [1.165, 1.54) is 11.3 Å². The lowest BCUT2D eigenvalue weighted by Gasteiger charge is -2.33. The second kappa shape index (κ2) is 6.32. The number of amides is 1. The SMILES string of the molecule is Cc1nc(CC(=O)NCC2(C(=O)O)CCOCC2)cs1. The third-order valence-corrected chi connectivity index (χ3v) is 4.36. The fraction of sp³-hybridized carbons (Fsp3) is 0.615. The molecule has 0 unspecified atom stereocenters. The standard InChI is InChI=1S/C13H18N2O4S/c1-9-15-10(7-20-9)6-11(16)14-8-13(12(17)18)2-4-19-5-3-13/h7H,2-6,8H2,1H3,(H,14,16)(H,17,18). The summed E-state index contributed by atoms with van der Waals surface area (Å²) in [7, 11) is 0. The molecular formula is C13H18N2O4S. The number of aliphatic carboxylic acids is 1. The molecule has 2 heterocycles. The minimum atomic E-state index is -0.897. The van der Waals surface area contributed by atoms with Gasteiger partial charge in [-0.3, -0.25) is 9.59 Å². The molecular weight excluding hydrogens is 280 g/mol. The molecule has 0 atom stereocenters. The maximum absolute atomic E-state index is 11.9. The second-order valence-electron chi connectivity index (χ2n) is 5.01. The number of thiazole rings is 1. The van der Waals surface area contributed by atoms with Gasteiger partial charge in [0, 0.05) is 25.1 Å². The van der Waals surface area contributed by atoms with Gasteiger partial charge in [0.25, 0.3) is 0 Å². The highest BCUT2D eigenvalue weighted by atomic mass is 32.1. The van der Waals surface area contributed by atoms with Crippen molar-refractivity contribution < 1.29 is 19.4 Å². The molecule has 0 radical (unpaired) electrons. The highest BCUT2D eigenvalue weighted by Gasteiger charge is 2.40. The van der Waals surface area contributed by atoms with Gasteiger partial charge in [-0.2, -0.15) is 0 Å². The number of aromatic nitrogens is 1. The number of carbonyl (C=O) groups excluding carboxylic acids is 1. The quantitative estimate of drug-likeness (QED) is 0.846. The topological polar surface area (TPSA) is 88.5 Å². The van der Waals surface area contributed by atoms with E-state index in [1.807, 2.05) is 12.3 Å². The van der Waals surface area contributed by atoms with Crippen LogP contribution in [0.1, 0.15) is 23.5 Å². The Morgan fingerprint density at radius 2 is 2.20 bits per heavy atom. The molecule has 0 spiro atoms. The third kappa shape index (κ3) is 3.55. The van der Waals surface area contributed by atoms with E-state index < -0.39 is 11.4 Å². The molecule has 20 heavy (non-hydrogen) atoms. The van der Waals surface area contributed by atoms with Crippen molar-refractivity contribution in [2.75, 3.05) is 19.8 Å². The monoisotopic (exact) mass is 298 g/mol. The molecule has 6 nitrogen and oxygen atoms in total. The summed E-state index contributed by atoms with van der Waals surface area (Å²) in [5.41, 5.74) is -0.173. The predicted molar refractivity (Wildman–Crippen MR) is 73.7 cm³/mol. The van der Waals surface area contributed by atoms with Crippen molar-refractivity contribution in [3.05, 3.63) is 16.1 Å². The summed E-state index contributed by atoms with van der Waals surface area (Å²) >= 11 is 1.49. The molecule has 1 fully saturated rings. The normalized spacial score (nSPS) is 17.6. The van der Waals surface area contributed by atoms with Crippen LogP contribution in [0, 0.1) is 12.3 Å². The van der Waals surface area contributed by atoms with Crippen molar-refractivity contribution in [2.45, 2.75) is 26.2 Å². The molecule has 1 aromatic rings. The largest absolute Gasteiger partial charge is 0.481 e. The van der Waals surface area contributed by atoms with Crippen LogP contribution in [0.3, 0.4) is 0 Å². The van der Waals surface area contributed by atoms with Gasteiger partial charge < -0.3 is 15.2 Å². The van der Waals surface area contributed by atoms with Crippen molar-refractivity contribution in [1.82, 2.24) is 10.3 Å². The molecule has 0 aromatic carbocycles. The number of aryl methyl sites for hydroxylation is 1. The van der Waals surface area contributed by atoms with Crippen molar-refractivity contribution in [3.63, 3.8) is 0 Å². The first-order valence-electron chi connectivity index (χ1n) is 6.51. The van der Waals surface area contributed by atoms with Gasteiger partial charge in [-0.1, -0.05) is 0 Å². The number of nitrogens with zero attached hydrogens (tertiary/aromatic N) is 1. The summed E-state index contributed by atoms with van der Waals surface area (Å²) in [5, 5.41) is 14.9. The van der Waals surface area contributed by atoms with Gasteiger partial charge in [-0.25, -0.2) is 4.98 Å². The maximum Gasteiger partial charge on any atom is 0.311 e. The lowest BCUT2D eigenvalue weighted by molar-refractivity contribution is -0.154. The van der Waals surface area contributed by atoms with Crippen molar-refractivity contribution in [3.8, 4) is 0 Å². The number of nitrogens with one attached hydrogen (secondary N) is 1. The molecule has 1 aliphatic heterocycles. The van der Waals surface area contributed by atoms with E-state index in [9.17, 15) is 14.7 Å². The highest BCUT2D eigenvalue weighted by molar-refractivity contribution is 7.09. The van der Waals surface area contributed by atoms with E-state index >= 15 is 0 Å². The van der Waals surface area contributed by atoms with Crippen molar-refractivity contribution in [2.24, 2.45) is 5.41 Å². The summed E-state index contributed by atoms with van der Waals surface area (Å²) in [6.45, 7) is 2.88. The molecule has 1 aliphatic rings. The summed E-state index contributed by atoms with van der Waals surface area (Å²) in [5.74, 6) is -1.06. The fourth-order valence-corrected chi connectivity index (χ4v) is 2.83. The van der Waals surface area contributed by atoms with Crippen LogP contribution < -0.4 is 5.32 Å². The Morgan fingerprint density at radius 3 is 2.75 bits per heavy atom. The van der Waals surface area contributed by atoms with E-state index in [-0.39, 0.29) is 18.9 Å². The van der Waals surface area contributed by atoms with Gasteiger partial charge >= 0.3 is 5.97 Å². The Kier molecular flexibility index (Phi) is 4.72. The van der Waals surface area contributed by atoms with Gasteiger partial charge in [0.15, 0.2) is 0 Å². The Hall–Kier alpha value is -1.47. The zero-order valence-corrected chi connectivity index (χ0v) is 12.2. The summed E-state index contributed by atoms with van der Waals surface area (Å²) in [4.78, 5) is 27.5. The van der Waals surface area contributed by atoms with Crippen molar-refractivity contribution >= 4 is 23.2 Å². The van der Waals surface area contributed by atoms with Crippen LogP contribution in [0.2, 0.25) is 0 Å². The van der Waals surface area contributed by atoms with Crippen LogP contribution in [0.25, 0.3) is 0 Å². The molecule has 1 amide bonds. The van der Waals surface area contributed by atoms with Gasteiger partial charge in [0.2, 0.25) is 5.91 Å². The highest BCUT2D eigenvalue weighted by Crippen LogP contribution is 2.30. The molecule has 0 saturated carbocycles. The molecule has 0 bridgehead atoms. The first-order valence-corrected chi connectivity index (χ1v) is 7.39. The summed E-state index contributed by atoms with van der Waals surface area (Å²) in [6, 6.07) is 0. The first kappa shape index (κ1) is 14.9. The van der Waals surface area contributed by atoms with Crippen LogP contribution in [-0.2, 0) is 20.7 Å². The second-order valence-corrected chi connectivity index (χ2v) is 6.07. The number of carboxylic acid groups (broad SMARTS) is 1. The summed E-state index contributed by atoms with van der Waals surface area (Å²) in [6.07, 6.45) is 1.05. The summed E-state index contributed by atoms with van der Waals surface area (Å²) < 4.78 is 5.20. The smallest absolute Gasteiger partial charge is 0.311 e. The van der Waals surface area contributed by atoms with Crippen LogP contribution in [-0.4, -0.2) is 41.7 Å². The number of carboxylic acids is 1. The third-order valence-electron chi connectivity index (χ3n) is 3.54. The van der Waals surface area contributed by atoms with E-state index in [2.05, 4.69) is 10.3 Å². The molecule has 110 valence electrons. The zero-order chi connectivity index (χ0) is 14.6. The van der Waals surface area contributed by atoms with Crippen LogP contribution in [0.5, 0.6) is 0 Å². The Morgan fingerprint density at radius 1 is 1.50 bits per heavy atom. The van der Waals surface area contributed by atoms with Gasteiger partial charge in [-0.15, -0.1) is 11.3 Å². The lowest BCUT2D eigenvalue weighted by atomic mass is 9.80. The molecule has 7 heteroatoms. The van der Waals surface area contributed by atoms with E-state index in [1.54, 1.807) is 0 Å². The Balaban J connectivity index is 1.89. The first-order chi connectivity index (χ1) is 9.52. The number of ether oxygens (including phenoxy) is 1. The molecule has 2 N–H and O–H groups in total. The Labute approximate surface area is 121 Å². The fourth-order valence-electron chi connectivity index (χ4n) is 2.21. The van der Waals surface area contributed by atoms with E-state index in [0.29, 0.717) is 26.1 Å². The average molecular weight is 298 g/mol. The predicted octanol–water partition coefficient (Wildman–Crippen LogP) is 0.992. The van der Waals surface area contributed by atoms with Crippen LogP contribution >= 0.6 is 11.3 Å². The number of carbonyl (C=O) groups is 2. The van der Waals surface area contributed by atoms with Crippen molar-refractivity contribution in [1.29, 1.82) is 0 Å². The van der Waals surface area contributed by atoms with Gasteiger partial charge in [0.05, 0.1) is 22.5 Å². The molecule has 2 rings (SSSR count).